The Bertz CT molecular complexity index is 379. The zero-order valence-corrected chi connectivity index (χ0v) is 9.39. The van der Waals surface area contributed by atoms with Crippen LogP contribution >= 0.6 is 0 Å². The van der Waals surface area contributed by atoms with Gasteiger partial charge in [-0.05, 0) is 37.3 Å². The molecule has 2 bridgehead atoms. The molecule has 4 nitrogen and oxygen atoms in total. The zero-order chi connectivity index (χ0) is 11.0. The third kappa shape index (κ3) is 1.79. The number of rotatable bonds is 3. The van der Waals surface area contributed by atoms with Crippen LogP contribution in [0, 0.1) is 5.92 Å². The highest BCUT2D eigenvalue weighted by atomic mass is 15.3. The first-order valence-electron chi connectivity index (χ1n) is 6.02. The fourth-order valence-electron chi connectivity index (χ4n) is 3.08. The van der Waals surface area contributed by atoms with Crippen molar-refractivity contribution in [2.45, 2.75) is 31.8 Å². The van der Waals surface area contributed by atoms with Crippen molar-refractivity contribution in [3.05, 3.63) is 23.9 Å². The van der Waals surface area contributed by atoms with Crippen LogP contribution < -0.4 is 11.3 Å². The fraction of sp³-hybridized carbons (Fsp3) is 0.583. The molecule has 2 heterocycles. The summed E-state index contributed by atoms with van der Waals surface area (Å²) in [7, 11) is 0. The fourth-order valence-corrected chi connectivity index (χ4v) is 3.08. The summed E-state index contributed by atoms with van der Waals surface area (Å²) in [6.07, 6.45) is 4.20. The smallest absolute Gasteiger partial charge is 0.140 e. The minimum atomic E-state index is 0.752. The molecule has 3 rings (SSSR count). The molecule has 1 saturated heterocycles. The number of nitrogens with zero attached hydrogens (tertiary/aromatic N) is 2. The van der Waals surface area contributed by atoms with Gasteiger partial charge in [-0.3, -0.25) is 4.90 Å². The van der Waals surface area contributed by atoms with Crippen LogP contribution in [0.4, 0.5) is 5.82 Å². The van der Waals surface area contributed by atoms with E-state index in [4.69, 9.17) is 5.84 Å². The van der Waals surface area contributed by atoms with E-state index in [1.54, 1.807) is 0 Å². The van der Waals surface area contributed by atoms with Gasteiger partial charge in [0, 0.05) is 19.1 Å². The second-order valence-electron chi connectivity index (χ2n) is 4.92. The largest absolute Gasteiger partial charge is 0.308 e. The molecular formula is C12H18N4. The molecule has 2 aliphatic rings. The van der Waals surface area contributed by atoms with Gasteiger partial charge in [-0.1, -0.05) is 6.07 Å². The maximum absolute atomic E-state index is 5.36. The Kier molecular flexibility index (Phi) is 2.53. The van der Waals surface area contributed by atoms with Gasteiger partial charge in [0.2, 0.25) is 0 Å². The van der Waals surface area contributed by atoms with Crippen molar-refractivity contribution in [1.29, 1.82) is 0 Å². The molecule has 0 amide bonds. The van der Waals surface area contributed by atoms with Crippen molar-refractivity contribution in [2.75, 3.05) is 12.0 Å². The quantitative estimate of drug-likeness (QED) is 0.594. The minimum absolute atomic E-state index is 0.752. The SMILES string of the molecule is NNc1cccc(CN2CC3CCC2C3)n1. The maximum Gasteiger partial charge on any atom is 0.140 e. The Labute approximate surface area is 95.8 Å². The molecule has 1 aromatic rings. The number of fused-ring (bicyclic) bond motifs is 2. The van der Waals surface area contributed by atoms with E-state index in [0.717, 1.165) is 30.0 Å². The first kappa shape index (κ1) is 10.1. The molecule has 0 spiro atoms. The first-order chi connectivity index (χ1) is 7.85. The third-order valence-corrected chi connectivity index (χ3v) is 3.84. The van der Waals surface area contributed by atoms with E-state index in [1.165, 1.54) is 25.8 Å². The standard InChI is InChI=1S/C12H18N4/c13-15-12-3-1-2-10(14-12)8-16-7-9-4-5-11(16)6-9/h1-3,9,11H,4-8,13H2,(H,14,15). The monoisotopic (exact) mass is 218 g/mol. The maximum atomic E-state index is 5.36. The average Bonchev–Trinajstić information content (AvgIpc) is 2.91. The van der Waals surface area contributed by atoms with Crippen LogP contribution in [-0.2, 0) is 6.54 Å². The lowest BCUT2D eigenvalue weighted by Gasteiger charge is -2.26. The Morgan fingerprint density at radius 1 is 1.44 bits per heavy atom. The first-order valence-corrected chi connectivity index (χ1v) is 6.02. The van der Waals surface area contributed by atoms with Crippen molar-refractivity contribution in [3.63, 3.8) is 0 Å². The number of nitrogen functional groups attached to an aromatic ring is 1. The van der Waals surface area contributed by atoms with Crippen LogP contribution in [0.1, 0.15) is 25.0 Å². The van der Waals surface area contributed by atoms with Gasteiger partial charge in [0.05, 0.1) is 5.69 Å². The molecule has 1 aliphatic carbocycles. The van der Waals surface area contributed by atoms with Gasteiger partial charge in [-0.25, -0.2) is 10.8 Å². The van der Waals surface area contributed by atoms with Crippen molar-refractivity contribution in [1.82, 2.24) is 9.88 Å². The van der Waals surface area contributed by atoms with Crippen LogP contribution in [0.25, 0.3) is 0 Å². The summed E-state index contributed by atoms with van der Waals surface area (Å²) in [6.45, 7) is 2.23. The normalized spacial score (nSPS) is 28.6. The predicted octanol–water partition coefficient (Wildman–Crippen LogP) is 1.35. The molecule has 1 aliphatic heterocycles. The average molecular weight is 218 g/mol. The summed E-state index contributed by atoms with van der Waals surface area (Å²) >= 11 is 0. The van der Waals surface area contributed by atoms with E-state index in [-0.39, 0.29) is 0 Å². The van der Waals surface area contributed by atoms with E-state index < -0.39 is 0 Å². The molecule has 2 atom stereocenters. The van der Waals surface area contributed by atoms with Gasteiger partial charge in [-0.2, -0.15) is 0 Å². The molecule has 3 N–H and O–H groups in total. The molecule has 2 unspecified atom stereocenters. The number of pyridine rings is 1. The van der Waals surface area contributed by atoms with Crippen molar-refractivity contribution >= 4 is 5.82 Å². The van der Waals surface area contributed by atoms with Crippen LogP contribution in [0.5, 0.6) is 0 Å². The third-order valence-electron chi connectivity index (χ3n) is 3.84. The van der Waals surface area contributed by atoms with Gasteiger partial charge in [0.25, 0.3) is 0 Å². The molecule has 2 fully saturated rings. The van der Waals surface area contributed by atoms with Gasteiger partial charge in [0.15, 0.2) is 0 Å². The van der Waals surface area contributed by atoms with E-state index in [9.17, 15) is 0 Å². The highest BCUT2D eigenvalue weighted by Gasteiger charge is 2.37. The minimum Gasteiger partial charge on any atom is -0.308 e. The number of nitrogens with two attached hydrogens (primary N) is 1. The topological polar surface area (TPSA) is 54.2 Å². The number of hydrogen-bond donors (Lipinski definition) is 2. The number of likely N-dealkylation sites (tertiary alicyclic amines) is 1. The highest BCUT2D eigenvalue weighted by Crippen LogP contribution is 2.37. The summed E-state index contributed by atoms with van der Waals surface area (Å²) in [5, 5.41) is 0. The van der Waals surface area contributed by atoms with Crippen LogP contribution in [-0.4, -0.2) is 22.5 Å². The molecule has 16 heavy (non-hydrogen) atoms. The second-order valence-corrected chi connectivity index (χ2v) is 4.92. The van der Waals surface area contributed by atoms with Crippen molar-refractivity contribution in [3.8, 4) is 0 Å². The molecule has 1 aromatic heterocycles. The Hall–Kier alpha value is -1.13. The van der Waals surface area contributed by atoms with Crippen LogP contribution in [0.15, 0.2) is 18.2 Å². The van der Waals surface area contributed by atoms with Crippen LogP contribution in [0.3, 0.4) is 0 Å². The van der Waals surface area contributed by atoms with E-state index >= 15 is 0 Å². The molecule has 4 heteroatoms. The molecule has 0 aromatic carbocycles. The van der Waals surface area contributed by atoms with E-state index in [2.05, 4.69) is 21.4 Å². The number of aromatic nitrogens is 1. The van der Waals surface area contributed by atoms with E-state index in [1.807, 2.05) is 12.1 Å². The lowest BCUT2D eigenvalue weighted by atomic mass is 10.1. The number of piperidine rings is 1. The van der Waals surface area contributed by atoms with Gasteiger partial charge in [0.1, 0.15) is 5.82 Å². The number of hydrogen-bond acceptors (Lipinski definition) is 4. The summed E-state index contributed by atoms with van der Waals surface area (Å²) in [5.41, 5.74) is 3.71. The summed E-state index contributed by atoms with van der Waals surface area (Å²) in [5.74, 6) is 7.06. The summed E-state index contributed by atoms with van der Waals surface area (Å²) in [4.78, 5) is 7.03. The molecule has 1 saturated carbocycles. The summed E-state index contributed by atoms with van der Waals surface area (Å²) < 4.78 is 0. The number of anilines is 1. The van der Waals surface area contributed by atoms with E-state index in [0.29, 0.717) is 0 Å². The summed E-state index contributed by atoms with van der Waals surface area (Å²) in [6, 6.07) is 6.78. The highest BCUT2D eigenvalue weighted by molar-refractivity contribution is 5.33. The molecule has 86 valence electrons. The Morgan fingerprint density at radius 3 is 3.06 bits per heavy atom. The van der Waals surface area contributed by atoms with Gasteiger partial charge < -0.3 is 5.43 Å². The van der Waals surface area contributed by atoms with Gasteiger partial charge >= 0.3 is 0 Å². The van der Waals surface area contributed by atoms with Gasteiger partial charge in [-0.15, -0.1) is 0 Å². The van der Waals surface area contributed by atoms with Crippen molar-refractivity contribution in [2.24, 2.45) is 11.8 Å². The molecular weight excluding hydrogens is 200 g/mol. The number of nitrogens with one attached hydrogen (secondary N) is 1. The number of hydrazine groups is 1. The van der Waals surface area contributed by atoms with Crippen LogP contribution in [0.2, 0.25) is 0 Å². The predicted molar refractivity (Wildman–Crippen MR) is 63.6 cm³/mol. The molecule has 0 radical (unpaired) electrons. The lowest BCUT2D eigenvalue weighted by Crippen LogP contribution is -2.31. The lowest BCUT2D eigenvalue weighted by molar-refractivity contribution is 0.203. The van der Waals surface area contributed by atoms with Crippen molar-refractivity contribution < 1.29 is 0 Å². The Balaban J connectivity index is 1.69. The Morgan fingerprint density at radius 2 is 2.38 bits per heavy atom. The second kappa shape index (κ2) is 4.03. The zero-order valence-electron chi connectivity index (χ0n) is 9.39.